The van der Waals surface area contributed by atoms with Crippen LogP contribution in [0.5, 0.6) is 0 Å². The van der Waals surface area contributed by atoms with Crippen molar-refractivity contribution in [1.29, 1.82) is 0 Å². The summed E-state index contributed by atoms with van der Waals surface area (Å²) < 4.78 is 0. The molecule has 1 fully saturated rings. The summed E-state index contributed by atoms with van der Waals surface area (Å²) in [6.07, 6.45) is 5.26. The molecule has 4 heterocycles. The van der Waals surface area contributed by atoms with Crippen LogP contribution in [0.15, 0.2) is 48.7 Å². The number of hydrogen-bond acceptors (Lipinski definition) is 5. The zero-order chi connectivity index (χ0) is 20.5. The standard InChI is InChI=1S/C24H30N6/c1-28-10-7-18(8-11-28)23-17-21-22(6-9-25-24(21)27-23)26-19-4-3-5-20(16-19)30-14-12-29(2)13-15-30/h3-7,9,16-17H,8,10-15H2,1-2H3,(H2,25,26,27). The molecule has 30 heavy (non-hydrogen) atoms. The Morgan fingerprint density at radius 2 is 1.83 bits per heavy atom. The minimum absolute atomic E-state index is 0.935. The summed E-state index contributed by atoms with van der Waals surface area (Å²) >= 11 is 0. The van der Waals surface area contributed by atoms with Crippen LogP contribution in [-0.2, 0) is 0 Å². The van der Waals surface area contributed by atoms with Gasteiger partial charge in [0.15, 0.2) is 0 Å². The molecule has 2 aromatic heterocycles. The molecule has 0 unspecified atom stereocenters. The lowest BCUT2D eigenvalue weighted by molar-refractivity contribution is 0.313. The van der Waals surface area contributed by atoms with Gasteiger partial charge >= 0.3 is 0 Å². The number of piperazine rings is 1. The van der Waals surface area contributed by atoms with Gasteiger partial charge in [-0.05, 0) is 56.4 Å². The maximum atomic E-state index is 4.57. The predicted octanol–water partition coefficient (Wildman–Crippen LogP) is 3.78. The van der Waals surface area contributed by atoms with E-state index in [1.807, 2.05) is 6.20 Å². The number of benzene rings is 1. The second-order valence-corrected chi connectivity index (χ2v) is 8.51. The average molecular weight is 403 g/mol. The summed E-state index contributed by atoms with van der Waals surface area (Å²) in [6.45, 7) is 6.47. The van der Waals surface area contributed by atoms with Gasteiger partial charge in [0.05, 0.1) is 5.69 Å². The van der Waals surface area contributed by atoms with Gasteiger partial charge in [0.25, 0.3) is 0 Å². The lowest BCUT2D eigenvalue weighted by Crippen LogP contribution is -2.44. The van der Waals surface area contributed by atoms with Gasteiger partial charge < -0.3 is 25.0 Å². The number of rotatable bonds is 4. The Morgan fingerprint density at radius 1 is 0.967 bits per heavy atom. The van der Waals surface area contributed by atoms with E-state index < -0.39 is 0 Å². The van der Waals surface area contributed by atoms with Crippen molar-refractivity contribution in [2.45, 2.75) is 6.42 Å². The van der Waals surface area contributed by atoms with Crippen molar-refractivity contribution in [2.75, 3.05) is 63.6 Å². The fourth-order valence-corrected chi connectivity index (χ4v) is 4.32. The van der Waals surface area contributed by atoms with E-state index in [0.717, 1.165) is 68.1 Å². The number of fused-ring (bicyclic) bond motifs is 1. The molecule has 1 aromatic carbocycles. The summed E-state index contributed by atoms with van der Waals surface area (Å²) in [5.41, 5.74) is 6.99. The maximum Gasteiger partial charge on any atom is 0.139 e. The molecule has 1 saturated heterocycles. The predicted molar refractivity (Wildman–Crippen MR) is 126 cm³/mol. The molecule has 6 heteroatoms. The largest absolute Gasteiger partial charge is 0.369 e. The van der Waals surface area contributed by atoms with Crippen molar-refractivity contribution >= 4 is 33.7 Å². The second-order valence-electron chi connectivity index (χ2n) is 8.51. The van der Waals surface area contributed by atoms with Gasteiger partial charge in [-0.25, -0.2) is 4.98 Å². The number of nitrogens with one attached hydrogen (secondary N) is 2. The zero-order valence-electron chi connectivity index (χ0n) is 17.9. The number of aromatic amines is 1. The van der Waals surface area contributed by atoms with Crippen LogP contribution in [0.4, 0.5) is 17.1 Å². The van der Waals surface area contributed by atoms with Crippen LogP contribution < -0.4 is 10.2 Å². The quantitative estimate of drug-likeness (QED) is 0.696. The highest BCUT2D eigenvalue weighted by molar-refractivity contribution is 5.94. The van der Waals surface area contributed by atoms with Crippen LogP contribution in [0.2, 0.25) is 0 Å². The van der Waals surface area contributed by atoms with Crippen molar-refractivity contribution in [2.24, 2.45) is 0 Å². The summed E-state index contributed by atoms with van der Waals surface area (Å²) in [6, 6.07) is 13.0. The molecule has 2 aliphatic rings. The lowest BCUT2D eigenvalue weighted by atomic mass is 10.1. The SMILES string of the molecule is CN1CC=C(c2cc3c(Nc4cccc(N5CCN(C)CC5)c4)ccnc3[nH]2)CC1. The Morgan fingerprint density at radius 3 is 2.63 bits per heavy atom. The summed E-state index contributed by atoms with van der Waals surface area (Å²) in [5, 5.41) is 4.77. The first-order valence-corrected chi connectivity index (χ1v) is 10.8. The van der Waals surface area contributed by atoms with Gasteiger partial charge in [-0.2, -0.15) is 0 Å². The molecular formula is C24H30N6. The van der Waals surface area contributed by atoms with E-state index in [9.17, 15) is 0 Å². The number of H-pyrrole nitrogens is 1. The third kappa shape index (κ3) is 3.93. The molecule has 6 nitrogen and oxygen atoms in total. The van der Waals surface area contributed by atoms with Gasteiger partial charge in [-0.15, -0.1) is 0 Å². The first kappa shape index (κ1) is 19.2. The number of hydrogen-bond donors (Lipinski definition) is 2. The molecule has 0 amide bonds. The highest BCUT2D eigenvalue weighted by Crippen LogP contribution is 2.31. The van der Waals surface area contributed by atoms with Gasteiger partial charge in [0.1, 0.15) is 5.65 Å². The Kier molecular flexibility index (Phi) is 5.19. The second kappa shape index (κ2) is 8.13. The molecule has 2 N–H and O–H groups in total. The fraction of sp³-hybridized carbons (Fsp3) is 0.375. The van der Waals surface area contributed by atoms with E-state index in [4.69, 9.17) is 0 Å². The molecular weight excluding hydrogens is 372 g/mol. The van der Waals surface area contributed by atoms with Gasteiger partial charge in [-0.1, -0.05) is 12.1 Å². The minimum Gasteiger partial charge on any atom is -0.369 e. The molecule has 3 aromatic rings. The van der Waals surface area contributed by atoms with Crippen molar-refractivity contribution < 1.29 is 0 Å². The maximum absolute atomic E-state index is 4.57. The summed E-state index contributed by atoms with van der Waals surface area (Å²) in [7, 11) is 4.36. The highest BCUT2D eigenvalue weighted by Gasteiger charge is 2.16. The summed E-state index contributed by atoms with van der Waals surface area (Å²) in [5.74, 6) is 0. The number of likely N-dealkylation sites (N-methyl/N-ethyl adjacent to an activating group) is 2. The Hall–Kier alpha value is -2.83. The Bertz CT molecular complexity index is 1060. The average Bonchev–Trinajstić information content (AvgIpc) is 3.20. The van der Waals surface area contributed by atoms with Crippen LogP contribution in [0.3, 0.4) is 0 Å². The fourth-order valence-electron chi connectivity index (χ4n) is 4.32. The van der Waals surface area contributed by atoms with Crippen molar-refractivity contribution in [3.63, 3.8) is 0 Å². The molecule has 0 spiro atoms. The van der Waals surface area contributed by atoms with Crippen molar-refractivity contribution in [3.05, 3.63) is 54.4 Å². The van der Waals surface area contributed by atoms with E-state index in [-0.39, 0.29) is 0 Å². The Labute approximate surface area is 178 Å². The van der Waals surface area contributed by atoms with E-state index in [2.05, 4.69) is 86.6 Å². The monoisotopic (exact) mass is 402 g/mol. The van der Waals surface area contributed by atoms with E-state index >= 15 is 0 Å². The molecule has 0 aliphatic carbocycles. The third-order valence-corrected chi connectivity index (χ3v) is 6.28. The first-order valence-electron chi connectivity index (χ1n) is 10.8. The van der Waals surface area contributed by atoms with Gasteiger partial charge in [0, 0.05) is 67.9 Å². The Balaban J connectivity index is 1.40. The zero-order valence-corrected chi connectivity index (χ0v) is 17.9. The minimum atomic E-state index is 0.935. The molecule has 156 valence electrons. The smallest absolute Gasteiger partial charge is 0.139 e. The van der Waals surface area contributed by atoms with E-state index in [0.29, 0.717) is 0 Å². The summed E-state index contributed by atoms with van der Waals surface area (Å²) in [4.78, 5) is 15.3. The molecule has 5 rings (SSSR count). The van der Waals surface area contributed by atoms with Crippen LogP contribution in [0.1, 0.15) is 12.1 Å². The van der Waals surface area contributed by atoms with Crippen molar-refractivity contribution in [1.82, 2.24) is 19.8 Å². The van der Waals surface area contributed by atoms with Crippen LogP contribution in [0, 0.1) is 0 Å². The molecule has 2 aliphatic heterocycles. The van der Waals surface area contributed by atoms with E-state index in [1.165, 1.54) is 17.0 Å². The number of nitrogens with zero attached hydrogens (tertiary/aromatic N) is 4. The molecule has 0 bridgehead atoms. The first-order chi connectivity index (χ1) is 14.7. The lowest BCUT2D eigenvalue weighted by Gasteiger charge is -2.34. The van der Waals surface area contributed by atoms with Crippen LogP contribution in [0.25, 0.3) is 16.6 Å². The molecule has 0 saturated carbocycles. The van der Waals surface area contributed by atoms with Gasteiger partial charge in [0.2, 0.25) is 0 Å². The molecule has 0 radical (unpaired) electrons. The van der Waals surface area contributed by atoms with E-state index in [1.54, 1.807) is 0 Å². The normalized spacial score (nSPS) is 18.6. The topological polar surface area (TPSA) is 50.4 Å². The van der Waals surface area contributed by atoms with Crippen LogP contribution >= 0.6 is 0 Å². The number of pyridine rings is 1. The van der Waals surface area contributed by atoms with Crippen LogP contribution in [-0.4, -0.2) is 73.1 Å². The van der Waals surface area contributed by atoms with Gasteiger partial charge in [-0.3, -0.25) is 0 Å². The number of anilines is 3. The third-order valence-electron chi connectivity index (χ3n) is 6.28. The number of aromatic nitrogens is 2. The highest BCUT2D eigenvalue weighted by atomic mass is 15.2. The van der Waals surface area contributed by atoms with Crippen molar-refractivity contribution in [3.8, 4) is 0 Å². The molecule has 0 atom stereocenters.